The number of nitrogens with one attached hydrogen (secondary N) is 1. The van der Waals surface area contributed by atoms with Crippen LogP contribution in [0.1, 0.15) is 18.1 Å². The molecule has 0 unspecified atom stereocenters. The van der Waals surface area contributed by atoms with Crippen LogP contribution in [-0.4, -0.2) is 18.9 Å². The molecule has 0 bridgehead atoms. The van der Waals surface area contributed by atoms with Gasteiger partial charge in [-0.05, 0) is 26.0 Å². The lowest BCUT2D eigenvalue weighted by Gasteiger charge is -2.06. The molecule has 80 valence electrons. The maximum Gasteiger partial charge on any atom is 0.238 e. The van der Waals surface area contributed by atoms with Gasteiger partial charge in [0.15, 0.2) is 0 Å². The third-order valence-corrected chi connectivity index (χ3v) is 1.80. The summed E-state index contributed by atoms with van der Waals surface area (Å²) in [5.74, 6) is 0.421. The molecule has 0 fully saturated rings. The quantitative estimate of drug-likeness (QED) is 0.351. The SMILES string of the molecule is CCO/C(=N/NC=O)c1ccc(C)cc1. The molecule has 0 atom stereocenters. The van der Waals surface area contributed by atoms with E-state index in [9.17, 15) is 4.79 Å². The van der Waals surface area contributed by atoms with Gasteiger partial charge in [0.25, 0.3) is 0 Å². The highest BCUT2D eigenvalue weighted by atomic mass is 16.5. The summed E-state index contributed by atoms with van der Waals surface area (Å²) in [5, 5.41) is 3.81. The zero-order chi connectivity index (χ0) is 11.1. The van der Waals surface area contributed by atoms with Gasteiger partial charge >= 0.3 is 0 Å². The summed E-state index contributed by atoms with van der Waals surface area (Å²) < 4.78 is 5.30. The van der Waals surface area contributed by atoms with Gasteiger partial charge in [0.2, 0.25) is 12.3 Å². The topological polar surface area (TPSA) is 50.7 Å². The second-order valence-corrected chi connectivity index (χ2v) is 2.96. The van der Waals surface area contributed by atoms with Crippen molar-refractivity contribution in [3.63, 3.8) is 0 Å². The molecule has 1 N–H and O–H groups in total. The number of carbonyl (C=O) groups excluding carboxylic acids is 1. The fourth-order valence-electron chi connectivity index (χ4n) is 1.10. The van der Waals surface area contributed by atoms with E-state index < -0.39 is 0 Å². The van der Waals surface area contributed by atoms with Gasteiger partial charge in [0.05, 0.1) is 6.61 Å². The van der Waals surface area contributed by atoms with Crippen LogP contribution in [0.5, 0.6) is 0 Å². The van der Waals surface area contributed by atoms with Gasteiger partial charge in [-0.1, -0.05) is 17.7 Å². The van der Waals surface area contributed by atoms with Gasteiger partial charge in [0, 0.05) is 5.56 Å². The van der Waals surface area contributed by atoms with E-state index in [1.165, 1.54) is 0 Å². The highest BCUT2D eigenvalue weighted by molar-refractivity contribution is 5.94. The Morgan fingerprint density at radius 3 is 2.67 bits per heavy atom. The molecular formula is C11H14N2O2. The van der Waals surface area contributed by atoms with Crippen LogP contribution in [0.15, 0.2) is 29.4 Å². The Kier molecular flexibility index (Phi) is 4.34. The molecule has 1 aromatic carbocycles. The monoisotopic (exact) mass is 206 g/mol. The van der Waals surface area contributed by atoms with E-state index in [-0.39, 0.29) is 0 Å². The minimum absolute atomic E-state index is 0.421. The molecule has 0 aromatic heterocycles. The molecule has 0 aliphatic rings. The standard InChI is InChI=1S/C11H14N2O2/c1-3-15-11(13-12-8-14)10-6-4-9(2)5-7-10/h4-8H,3H2,1-2H3,(H,12,14)/b13-11+. The Labute approximate surface area is 88.9 Å². The van der Waals surface area contributed by atoms with Crippen LogP contribution in [0.25, 0.3) is 0 Å². The smallest absolute Gasteiger partial charge is 0.238 e. The van der Waals surface area contributed by atoms with Crippen LogP contribution in [0.3, 0.4) is 0 Å². The van der Waals surface area contributed by atoms with Crippen molar-refractivity contribution in [2.75, 3.05) is 6.61 Å². The lowest BCUT2D eigenvalue weighted by Crippen LogP contribution is -2.13. The number of rotatable bonds is 4. The molecule has 1 rings (SSSR count). The minimum Gasteiger partial charge on any atom is -0.477 e. The lowest BCUT2D eigenvalue weighted by molar-refractivity contribution is -0.109. The van der Waals surface area contributed by atoms with Crippen molar-refractivity contribution in [2.24, 2.45) is 5.10 Å². The van der Waals surface area contributed by atoms with Gasteiger partial charge in [-0.2, -0.15) is 0 Å². The van der Waals surface area contributed by atoms with Crippen molar-refractivity contribution < 1.29 is 9.53 Å². The number of benzene rings is 1. The third kappa shape index (κ3) is 3.42. The Morgan fingerprint density at radius 1 is 1.47 bits per heavy atom. The highest BCUT2D eigenvalue weighted by Crippen LogP contribution is 2.05. The Balaban J connectivity index is 2.88. The molecule has 0 aliphatic carbocycles. The molecule has 4 nitrogen and oxygen atoms in total. The first-order valence-corrected chi connectivity index (χ1v) is 4.74. The predicted octanol–water partition coefficient (Wildman–Crippen LogP) is 1.44. The molecule has 0 saturated carbocycles. The summed E-state index contributed by atoms with van der Waals surface area (Å²) in [4.78, 5) is 10.1. The maximum atomic E-state index is 10.1. The van der Waals surface area contributed by atoms with Gasteiger partial charge in [0.1, 0.15) is 0 Å². The Morgan fingerprint density at radius 2 is 2.13 bits per heavy atom. The Hall–Kier alpha value is -1.84. The van der Waals surface area contributed by atoms with Crippen molar-refractivity contribution in [1.29, 1.82) is 0 Å². The minimum atomic E-state index is 0.421. The van der Waals surface area contributed by atoms with Crippen molar-refractivity contribution in [3.05, 3.63) is 35.4 Å². The first-order valence-electron chi connectivity index (χ1n) is 4.74. The van der Waals surface area contributed by atoms with Gasteiger partial charge in [-0.3, -0.25) is 4.79 Å². The third-order valence-electron chi connectivity index (χ3n) is 1.80. The van der Waals surface area contributed by atoms with Crippen molar-refractivity contribution in [1.82, 2.24) is 5.43 Å². The van der Waals surface area contributed by atoms with Crippen molar-refractivity contribution >= 4 is 12.3 Å². The summed E-state index contributed by atoms with van der Waals surface area (Å²) in [7, 11) is 0. The average Bonchev–Trinajstić information content (AvgIpc) is 2.25. The fourth-order valence-corrected chi connectivity index (χ4v) is 1.10. The summed E-state index contributed by atoms with van der Waals surface area (Å²) in [6.07, 6.45) is 0.507. The molecule has 0 saturated heterocycles. The van der Waals surface area contributed by atoms with Gasteiger partial charge in [-0.25, -0.2) is 5.43 Å². The van der Waals surface area contributed by atoms with Gasteiger partial charge < -0.3 is 4.74 Å². The molecule has 4 heteroatoms. The van der Waals surface area contributed by atoms with E-state index in [4.69, 9.17) is 4.74 Å². The molecule has 15 heavy (non-hydrogen) atoms. The number of ether oxygens (including phenoxy) is 1. The molecular weight excluding hydrogens is 192 g/mol. The number of amides is 1. The number of hydrazone groups is 1. The van der Waals surface area contributed by atoms with Crippen molar-refractivity contribution in [2.45, 2.75) is 13.8 Å². The van der Waals surface area contributed by atoms with Crippen LogP contribution in [0.2, 0.25) is 0 Å². The maximum absolute atomic E-state index is 10.1. The molecule has 0 spiro atoms. The summed E-state index contributed by atoms with van der Waals surface area (Å²) >= 11 is 0. The number of hydrogen-bond acceptors (Lipinski definition) is 3. The predicted molar refractivity (Wildman–Crippen MR) is 58.5 cm³/mol. The molecule has 0 heterocycles. The zero-order valence-electron chi connectivity index (χ0n) is 8.86. The number of hydrogen-bond donors (Lipinski definition) is 1. The molecule has 1 amide bonds. The summed E-state index contributed by atoms with van der Waals surface area (Å²) in [6.45, 7) is 4.38. The first-order chi connectivity index (χ1) is 7.27. The number of nitrogens with zero attached hydrogens (tertiary/aromatic N) is 1. The largest absolute Gasteiger partial charge is 0.477 e. The molecule has 1 aromatic rings. The number of carbonyl (C=O) groups is 1. The highest BCUT2D eigenvalue weighted by Gasteiger charge is 2.03. The van der Waals surface area contributed by atoms with E-state index in [1.807, 2.05) is 38.1 Å². The van der Waals surface area contributed by atoms with E-state index in [2.05, 4.69) is 10.5 Å². The van der Waals surface area contributed by atoms with E-state index in [0.717, 1.165) is 11.1 Å². The van der Waals surface area contributed by atoms with E-state index in [1.54, 1.807) is 0 Å². The fraction of sp³-hybridized carbons (Fsp3) is 0.273. The Bertz CT molecular complexity index is 344. The average molecular weight is 206 g/mol. The normalized spacial score (nSPS) is 10.9. The second kappa shape index (κ2) is 5.80. The van der Waals surface area contributed by atoms with Crippen molar-refractivity contribution in [3.8, 4) is 0 Å². The number of aryl methyl sites for hydroxylation is 1. The lowest BCUT2D eigenvalue weighted by atomic mass is 10.1. The second-order valence-electron chi connectivity index (χ2n) is 2.96. The van der Waals surface area contributed by atoms with Crippen LogP contribution < -0.4 is 5.43 Å². The van der Waals surface area contributed by atoms with Crippen LogP contribution >= 0.6 is 0 Å². The molecule has 0 radical (unpaired) electrons. The zero-order valence-corrected chi connectivity index (χ0v) is 8.86. The molecule has 0 aliphatic heterocycles. The summed E-state index contributed by atoms with van der Waals surface area (Å²) in [5.41, 5.74) is 4.24. The first kappa shape index (κ1) is 11.2. The van der Waals surface area contributed by atoms with Crippen LogP contribution in [0, 0.1) is 6.92 Å². The van der Waals surface area contributed by atoms with Gasteiger partial charge in [-0.15, -0.1) is 5.10 Å². The van der Waals surface area contributed by atoms with Crippen LogP contribution in [0.4, 0.5) is 0 Å². The summed E-state index contributed by atoms with van der Waals surface area (Å²) in [6, 6.07) is 7.72. The van der Waals surface area contributed by atoms with Crippen LogP contribution in [-0.2, 0) is 9.53 Å². The van der Waals surface area contributed by atoms with E-state index >= 15 is 0 Å². The van der Waals surface area contributed by atoms with E-state index in [0.29, 0.717) is 18.9 Å².